The third kappa shape index (κ3) is 2.59. The normalized spacial score (nSPS) is 37.2. The lowest BCUT2D eigenvalue weighted by atomic mass is 9.45. The maximum Gasteiger partial charge on any atom is 0.128 e. The summed E-state index contributed by atoms with van der Waals surface area (Å²) >= 11 is 0. The Hall–Kier alpha value is -1.29. The summed E-state index contributed by atoms with van der Waals surface area (Å²) in [4.78, 5) is 7.07. The van der Waals surface area contributed by atoms with Crippen LogP contribution in [0.5, 0.6) is 0 Å². The molecule has 4 aliphatic rings. The van der Waals surface area contributed by atoms with Crippen molar-refractivity contribution in [3.63, 3.8) is 0 Å². The van der Waals surface area contributed by atoms with Gasteiger partial charge in [-0.25, -0.2) is 4.98 Å². The number of hydrogen-bond acceptors (Lipinski definition) is 4. The summed E-state index contributed by atoms with van der Waals surface area (Å²) in [7, 11) is 2.06. The van der Waals surface area contributed by atoms with Gasteiger partial charge in [0, 0.05) is 43.1 Å². The maximum absolute atomic E-state index is 4.60. The van der Waals surface area contributed by atoms with E-state index in [9.17, 15) is 0 Å². The summed E-state index contributed by atoms with van der Waals surface area (Å²) in [6.07, 6.45) is 5.91. The van der Waals surface area contributed by atoms with E-state index >= 15 is 0 Å². The number of pyridine rings is 1. The fraction of sp³-hybridized carbons (Fsp3) is 0.750. The van der Waals surface area contributed by atoms with Gasteiger partial charge in [-0.3, -0.25) is 0 Å². The van der Waals surface area contributed by atoms with E-state index in [0.29, 0.717) is 17.5 Å². The standard InChI is InChI=1S/C20H32N4/c1-13-17-9-14(20(17,2)3)10-18(13)23-19-11-16(5-7-22-19)24-8-6-15(12-24)21-4/h5,7,11,13-15,17-18,21H,6,8-10,12H2,1-4H3,(H,22,23). The van der Waals surface area contributed by atoms with E-state index in [1.54, 1.807) is 0 Å². The molecule has 1 saturated heterocycles. The van der Waals surface area contributed by atoms with E-state index in [2.05, 4.69) is 60.5 Å². The van der Waals surface area contributed by atoms with Gasteiger partial charge < -0.3 is 15.5 Å². The molecule has 1 aromatic rings. The molecule has 2 heterocycles. The largest absolute Gasteiger partial charge is 0.370 e. The molecule has 4 fully saturated rings. The van der Waals surface area contributed by atoms with Crippen LogP contribution in [0.3, 0.4) is 0 Å². The number of hydrogen-bond donors (Lipinski definition) is 2. The monoisotopic (exact) mass is 328 g/mol. The first-order valence-corrected chi connectivity index (χ1v) is 9.64. The van der Waals surface area contributed by atoms with Crippen molar-refractivity contribution in [3.05, 3.63) is 18.3 Å². The Bertz CT molecular complexity index is 599. The number of fused-ring (bicyclic) bond motifs is 2. The summed E-state index contributed by atoms with van der Waals surface area (Å²) in [6.45, 7) is 9.58. The minimum atomic E-state index is 0.546. The maximum atomic E-state index is 4.60. The highest BCUT2D eigenvalue weighted by Crippen LogP contribution is 2.61. The Morgan fingerprint density at radius 3 is 2.79 bits per heavy atom. The number of nitrogens with one attached hydrogen (secondary N) is 2. The van der Waals surface area contributed by atoms with E-state index in [1.165, 1.54) is 24.9 Å². The van der Waals surface area contributed by atoms with Crippen LogP contribution >= 0.6 is 0 Å². The predicted molar refractivity (Wildman–Crippen MR) is 100 cm³/mol. The van der Waals surface area contributed by atoms with Crippen molar-refractivity contribution in [1.29, 1.82) is 0 Å². The molecule has 0 spiro atoms. The van der Waals surface area contributed by atoms with E-state index in [1.807, 2.05) is 6.20 Å². The van der Waals surface area contributed by atoms with Crippen molar-refractivity contribution in [2.24, 2.45) is 23.2 Å². The molecule has 0 amide bonds. The zero-order valence-corrected chi connectivity index (χ0v) is 15.5. The minimum Gasteiger partial charge on any atom is -0.370 e. The van der Waals surface area contributed by atoms with Crippen LogP contribution in [-0.4, -0.2) is 37.2 Å². The van der Waals surface area contributed by atoms with Crippen molar-refractivity contribution >= 4 is 11.5 Å². The molecule has 5 unspecified atom stereocenters. The summed E-state index contributed by atoms with van der Waals surface area (Å²) < 4.78 is 0. The van der Waals surface area contributed by atoms with Gasteiger partial charge in [0.25, 0.3) is 0 Å². The van der Waals surface area contributed by atoms with Crippen LogP contribution in [0, 0.1) is 23.2 Å². The van der Waals surface area contributed by atoms with Gasteiger partial charge in [0.2, 0.25) is 0 Å². The van der Waals surface area contributed by atoms with E-state index in [-0.39, 0.29) is 0 Å². The smallest absolute Gasteiger partial charge is 0.128 e. The van der Waals surface area contributed by atoms with Gasteiger partial charge in [0.15, 0.2) is 0 Å². The van der Waals surface area contributed by atoms with Gasteiger partial charge in [0.05, 0.1) is 0 Å². The van der Waals surface area contributed by atoms with Gasteiger partial charge in [-0.05, 0) is 55.5 Å². The molecule has 24 heavy (non-hydrogen) atoms. The van der Waals surface area contributed by atoms with E-state index in [0.717, 1.165) is 36.7 Å². The number of nitrogens with zero attached hydrogens (tertiary/aromatic N) is 2. The summed E-state index contributed by atoms with van der Waals surface area (Å²) in [5, 5.41) is 7.16. The van der Waals surface area contributed by atoms with Crippen LogP contribution in [0.15, 0.2) is 18.3 Å². The lowest BCUT2D eigenvalue weighted by Crippen LogP contribution is -2.58. The number of anilines is 2. The summed E-state index contributed by atoms with van der Waals surface area (Å²) in [5.41, 5.74) is 1.85. The molecule has 1 aliphatic heterocycles. The lowest BCUT2D eigenvalue weighted by Gasteiger charge is -2.62. The predicted octanol–water partition coefficient (Wildman–Crippen LogP) is 3.36. The highest BCUT2D eigenvalue weighted by atomic mass is 15.2. The zero-order valence-electron chi connectivity index (χ0n) is 15.5. The lowest BCUT2D eigenvalue weighted by molar-refractivity contribution is -0.105. The fourth-order valence-electron chi connectivity index (χ4n) is 5.46. The highest BCUT2D eigenvalue weighted by molar-refractivity contribution is 5.55. The third-order valence-electron chi connectivity index (χ3n) is 7.39. The molecule has 0 radical (unpaired) electrons. The molecule has 132 valence electrons. The average Bonchev–Trinajstić information content (AvgIpc) is 3.05. The average molecular weight is 329 g/mol. The van der Waals surface area contributed by atoms with Gasteiger partial charge in [-0.2, -0.15) is 0 Å². The number of aromatic nitrogens is 1. The van der Waals surface area contributed by atoms with Gasteiger partial charge in [-0.15, -0.1) is 0 Å². The second kappa shape index (κ2) is 5.91. The Morgan fingerprint density at radius 2 is 2.12 bits per heavy atom. The molecule has 0 aromatic carbocycles. The van der Waals surface area contributed by atoms with Gasteiger partial charge >= 0.3 is 0 Å². The van der Waals surface area contributed by atoms with Crippen molar-refractivity contribution in [2.75, 3.05) is 30.4 Å². The molecule has 1 aromatic heterocycles. The first-order chi connectivity index (χ1) is 11.5. The molecule has 4 heteroatoms. The first-order valence-electron chi connectivity index (χ1n) is 9.64. The Morgan fingerprint density at radius 1 is 1.29 bits per heavy atom. The van der Waals surface area contributed by atoms with Crippen LogP contribution in [0.1, 0.15) is 40.0 Å². The molecule has 5 atom stereocenters. The van der Waals surface area contributed by atoms with Crippen molar-refractivity contribution in [2.45, 2.75) is 52.1 Å². The second-order valence-corrected chi connectivity index (χ2v) is 8.83. The van der Waals surface area contributed by atoms with Crippen LogP contribution < -0.4 is 15.5 Å². The molecular formula is C20H32N4. The fourth-order valence-corrected chi connectivity index (χ4v) is 5.46. The molecule has 2 N–H and O–H groups in total. The van der Waals surface area contributed by atoms with Crippen molar-refractivity contribution in [1.82, 2.24) is 10.3 Å². The molecule has 5 rings (SSSR count). The topological polar surface area (TPSA) is 40.2 Å². The highest BCUT2D eigenvalue weighted by Gasteiger charge is 2.56. The Balaban J connectivity index is 1.44. The zero-order chi connectivity index (χ0) is 16.9. The summed E-state index contributed by atoms with van der Waals surface area (Å²) in [5.74, 6) is 3.54. The Kier molecular flexibility index (Phi) is 3.98. The van der Waals surface area contributed by atoms with Crippen LogP contribution in [-0.2, 0) is 0 Å². The van der Waals surface area contributed by atoms with Crippen LogP contribution in [0.4, 0.5) is 11.5 Å². The molecular weight excluding hydrogens is 296 g/mol. The number of likely N-dealkylation sites (N-methyl/N-ethyl adjacent to an activating group) is 1. The first kappa shape index (κ1) is 16.2. The van der Waals surface area contributed by atoms with Crippen molar-refractivity contribution < 1.29 is 0 Å². The van der Waals surface area contributed by atoms with Crippen LogP contribution in [0.2, 0.25) is 0 Å². The SMILES string of the molecule is CNC1CCN(c2ccnc(NC3CC4CC(C3C)C4(C)C)c2)C1. The quantitative estimate of drug-likeness (QED) is 0.889. The van der Waals surface area contributed by atoms with Gasteiger partial charge in [-0.1, -0.05) is 20.8 Å². The second-order valence-electron chi connectivity index (χ2n) is 8.83. The number of rotatable bonds is 4. The molecule has 4 nitrogen and oxygen atoms in total. The molecule has 3 saturated carbocycles. The molecule has 2 bridgehead atoms. The van der Waals surface area contributed by atoms with Crippen molar-refractivity contribution in [3.8, 4) is 0 Å². The third-order valence-corrected chi connectivity index (χ3v) is 7.39. The van der Waals surface area contributed by atoms with Crippen LogP contribution in [0.25, 0.3) is 0 Å². The Labute approximate surface area is 146 Å². The van der Waals surface area contributed by atoms with E-state index < -0.39 is 0 Å². The van der Waals surface area contributed by atoms with Gasteiger partial charge in [0.1, 0.15) is 5.82 Å². The minimum absolute atomic E-state index is 0.546. The molecule has 3 aliphatic carbocycles. The summed E-state index contributed by atoms with van der Waals surface area (Å²) in [6, 6.07) is 5.58. The van der Waals surface area contributed by atoms with E-state index in [4.69, 9.17) is 0 Å².